The Labute approximate surface area is 211 Å². The highest BCUT2D eigenvalue weighted by Gasteiger charge is 2.33. The van der Waals surface area contributed by atoms with Gasteiger partial charge in [0, 0.05) is 34.2 Å². The van der Waals surface area contributed by atoms with Crippen molar-refractivity contribution in [3.05, 3.63) is 93.6 Å². The number of aromatic nitrogens is 1. The molecular formula is C26H21ClF3NO4S. The second kappa shape index (κ2) is 9.29. The molecule has 1 heterocycles. The lowest BCUT2D eigenvalue weighted by molar-refractivity contribution is -0.137. The third-order valence-corrected chi connectivity index (χ3v) is 7.77. The number of fused-ring (bicyclic) bond motifs is 1. The Kier molecular flexibility index (Phi) is 6.66. The van der Waals surface area contributed by atoms with E-state index in [0.29, 0.717) is 16.3 Å². The van der Waals surface area contributed by atoms with Gasteiger partial charge in [-0.15, -0.1) is 0 Å². The standard InChI is InChI=1S/C26H21ClF3NO4S/c1-15-4-8-20(9-5-15)36(33,34)31-14-22(21-12-18(26(28,29)30)10-16(2)25(21)31)23(32)11-17-6-7-19(27)13-24(17)35-3/h4-10,12-14H,11H2,1-3H3. The number of ketones is 1. The molecule has 0 spiro atoms. The monoisotopic (exact) mass is 535 g/mol. The average molecular weight is 536 g/mol. The van der Waals surface area contributed by atoms with E-state index in [2.05, 4.69) is 0 Å². The molecular weight excluding hydrogens is 515 g/mol. The number of Topliss-reactive ketones (excluding diaryl/α,β-unsaturated/α-hetero) is 1. The van der Waals surface area contributed by atoms with Gasteiger partial charge in [-0.2, -0.15) is 13.2 Å². The van der Waals surface area contributed by atoms with Crippen LogP contribution in [0.3, 0.4) is 0 Å². The second-order valence-electron chi connectivity index (χ2n) is 8.40. The maximum absolute atomic E-state index is 13.6. The summed E-state index contributed by atoms with van der Waals surface area (Å²) in [6, 6.07) is 12.4. The summed E-state index contributed by atoms with van der Waals surface area (Å²) < 4.78 is 74.0. The van der Waals surface area contributed by atoms with Crippen LogP contribution in [-0.2, 0) is 22.6 Å². The molecule has 0 atom stereocenters. The molecule has 10 heteroatoms. The number of rotatable bonds is 6. The molecule has 0 bridgehead atoms. The number of carbonyl (C=O) groups is 1. The van der Waals surface area contributed by atoms with Crippen molar-refractivity contribution >= 4 is 38.3 Å². The molecule has 0 aliphatic rings. The van der Waals surface area contributed by atoms with Crippen molar-refractivity contribution in [2.45, 2.75) is 31.3 Å². The fraction of sp³-hybridized carbons (Fsp3) is 0.192. The highest BCUT2D eigenvalue weighted by atomic mass is 35.5. The summed E-state index contributed by atoms with van der Waals surface area (Å²) in [6.07, 6.45) is -3.83. The van der Waals surface area contributed by atoms with Gasteiger partial charge < -0.3 is 4.74 Å². The van der Waals surface area contributed by atoms with Gasteiger partial charge in [0.05, 0.1) is 23.1 Å². The predicted molar refractivity (Wildman–Crippen MR) is 131 cm³/mol. The molecule has 188 valence electrons. The maximum Gasteiger partial charge on any atom is 0.416 e. The largest absolute Gasteiger partial charge is 0.496 e. The van der Waals surface area contributed by atoms with Crippen LogP contribution in [-0.4, -0.2) is 25.3 Å². The van der Waals surface area contributed by atoms with Crippen molar-refractivity contribution in [1.82, 2.24) is 3.97 Å². The third-order valence-electron chi connectivity index (χ3n) is 5.86. The number of benzene rings is 3. The van der Waals surface area contributed by atoms with E-state index in [1.54, 1.807) is 31.2 Å². The van der Waals surface area contributed by atoms with E-state index in [4.69, 9.17) is 16.3 Å². The number of methoxy groups -OCH3 is 1. The van der Waals surface area contributed by atoms with Gasteiger partial charge in [0.15, 0.2) is 5.78 Å². The van der Waals surface area contributed by atoms with Crippen LogP contribution in [0.2, 0.25) is 5.02 Å². The second-order valence-corrected chi connectivity index (χ2v) is 10.7. The minimum absolute atomic E-state index is 0.00926. The Bertz CT molecular complexity index is 1590. The fourth-order valence-electron chi connectivity index (χ4n) is 4.06. The van der Waals surface area contributed by atoms with E-state index in [-0.39, 0.29) is 33.3 Å². The lowest BCUT2D eigenvalue weighted by Gasteiger charge is -2.12. The first-order chi connectivity index (χ1) is 16.8. The maximum atomic E-state index is 13.6. The molecule has 4 rings (SSSR count). The van der Waals surface area contributed by atoms with Crippen LogP contribution in [0.25, 0.3) is 10.9 Å². The van der Waals surface area contributed by atoms with E-state index in [1.807, 2.05) is 0 Å². The number of carbonyl (C=O) groups excluding carboxylic acids is 1. The Balaban J connectivity index is 1.94. The van der Waals surface area contributed by atoms with Crippen LogP contribution in [0.1, 0.15) is 32.6 Å². The van der Waals surface area contributed by atoms with Crippen molar-refractivity contribution in [3.8, 4) is 5.75 Å². The van der Waals surface area contributed by atoms with E-state index in [9.17, 15) is 26.4 Å². The van der Waals surface area contributed by atoms with Gasteiger partial charge in [-0.05, 0) is 55.8 Å². The summed E-state index contributed by atoms with van der Waals surface area (Å²) in [5.41, 5.74) is 0.250. The zero-order valence-electron chi connectivity index (χ0n) is 19.5. The van der Waals surface area contributed by atoms with Crippen molar-refractivity contribution in [1.29, 1.82) is 0 Å². The smallest absolute Gasteiger partial charge is 0.416 e. The average Bonchev–Trinajstić information content (AvgIpc) is 3.21. The first kappa shape index (κ1) is 25.8. The van der Waals surface area contributed by atoms with E-state index in [0.717, 1.165) is 27.9 Å². The SMILES string of the molecule is COc1cc(Cl)ccc1CC(=O)c1cn(S(=O)(=O)c2ccc(C)cc2)c2c(C)cc(C(F)(F)F)cc12. The van der Waals surface area contributed by atoms with Crippen LogP contribution in [0.15, 0.2) is 65.7 Å². The molecule has 0 N–H and O–H groups in total. The summed E-state index contributed by atoms with van der Waals surface area (Å²) >= 11 is 5.98. The molecule has 0 saturated carbocycles. The zero-order valence-corrected chi connectivity index (χ0v) is 21.1. The number of hydrogen-bond donors (Lipinski definition) is 0. The molecule has 0 unspecified atom stereocenters. The number of ether oxygens (including phenoxy) is 1. The van der Waals surface area contributed by atoms with Crippen molar-refractivity contribution in [2.75, 3.05) is 7.11 Å². The Morgan fingerprint density at radius 1 is 1.03 bits per heavy atom. The van der Waals surface area contributed by atoms with Crippen molar-refractivity contribution < 1.29 is 31.1 Å². The highest BCUT2D eigenvalue weighted by molar-refractivity contribution is 7.90. The van der Waals surface area contributed by atoms with Crippen LogP contribution < -0.4 is 4.74 Å². The van der Waals surface area contributed by atoms with E-state index < -0.39 is 27.5 Å². The van der Waals surface area contributed by atoms with Crippen LogP contribution in [0.4, 0.5) is 13.2 Å². The van der Waals surface area contributed by atoms with Gasteiger partial charge in [0.1, 0.15) is 5.75 Å². The molecule has 4 aromatic rings. The summed E-state index contributed by atoms with van der Waals surface area (Å²) in [5, 5.41) is 0.283. The quantitative estimate of drug-likeness (QED) is 0.261. The van der Waals surface area contributed by atoms with Gasteiger partial charge in [-0.25, -0.2) is 12.4 Å². The van der Waals surface area contributed by atoms with Crippen LogP contribution >= 0.6 is 11.6 Å². The van der Waals surface area contributed by atoms with Gasteiger partial charge in [0.25, 0.3) is 10.0 Å². The number of hydrogen-bond acceptors (Lipinski definition) is 4. The fourth-order valence-corrected chi connectivity index (χ4v) is 5.66. The Hall–Kier alpha value is -3.30. The van der Waals surface area contributed by atoms with E-state index >= 15 is 0 Å². The lowest BCUT2D eigenvalue weighted by Crippen LogP contribution is -2.13. The lowest BCUT2D eigenvalue weighted by atomic mass is 9.99. The van der Waals surface area contributed by atoms with Gasteiger partial charge in [-0.1, -0.05) is 35.4 Å². The summed E-state index contributed by atoms with van der Waals surface area (Å²) in [6.45, 7) is 3.18. The first-order valence-corrected chi connectivity index (χ1v) is 12.6. The summed E-state index contributed by atoms with van der Waals surface area (Å²) in [5.74, 6) is -0.240. The number of aryl methyl sites for hydroxylation is 2. The molecule has 0 saturated heterocycles. The molecule has 3 aromatic carbocycles. The normalized spacial score (nSPS) is 12.2. The number of halogens is 4. The molecule has 0 aliphatic carbocycles. The topological polar surface area (TPSA) is 65.4 Å². The molecule has 0 fully saturated rings. The minimum Gasteiger partial charge on any atom is -0.496 e. The molecule has 0 amide bonds. The van der Waals surface area contributed by atoms with E-state index in [1.165, 1.54) is 32.2 Å². The Morgan fingerprint density at radius 3 is 2.31 bits per heavy atom. The molecule has 36 heavy (non-hydrogen) atoms. The molecule has 0 aliphatic heterocycles. The van der Waals surface area contributed by atoms with Gasteiger partial charge >= 0.3 is 6.18 Å². The van der Waals surface area contributed by atoms with Gasteiger partial charge in [0.2, 0.25) is 0 Å². The molecule has 1 aromatic heterocycles. The summed E-state index contributed by atoms with van der Waals surface area (Å²) in [4.78, 5) is 13.3. The predicted octanol–water partition coefficient (Wildman–Crippen LogP) is 6.60. The highest BCUT2D eigenvalue weighted by Crippen LogP contribution is 2.37. The minimum atomic E-state index is -4.68. The zero-order chi connectivity index (χ0) is 26.4. The van der Waals surface area contributed by atoms with Crippen molar-refractivity contribution in [2.24, 2.45) is 0 Å². The van der Waals surface area contributed by atoms with Gasteiger partial charge in [-0.3, -0.25) is 4.79 Å². The van der Waals surface area contributed by atoms with Crippen molar-refractivity contribution in [3.63, 3.8) is 0 Å². The third kappa shape index (κ3) is 4.73. The van der Waals surface area contributed by atoms with Crippen LogP contribution in [0, 0.1) is 13.8 Å². The molecule has 5 nitrogen and oxygen atoms in total. The summed E-state index contributed by atoms with van der Waals surface area (Å²) in [7, 11) is -2.81. The van der Waals surface area contributed by atoms with Crippen LogP contribution in [0.5, 0.6) is 5.75 Å². The first-order valence-electron chi connectivity index (χ1n) is 10.7. The number of alkyl halides is 3. The Morgan fingerprint density at radius 2 is 1.69 bits per heavy atom. The molecule has 0 radical (unpaired) electrons. The number of nitrogens with zero attached hydrogens (tertiary/aromatic N) is 1.